The number of amides is 2. The fourth-order valence-electron chi connectivity index (χ4n) is 5.15. The maximum atomic E-state index is 14.4. The van der Waals surface area contributed by atoms with Gasteiger partial charge in [0.1, 0.15) is 11.5 Å². The van der Waals surface area contributed by atoms with Crippen molar-refractivity contribution >= 4 is 45.4 Å². The summed E-state index contributed by atoms with van der Waals surface area (Å²) in [6, 6.07) is 28.7. The number of methoxy groups -OCH3 is 1. The maximum absolute atomic E-state index is 14.4. The number of rotatable bonds is 9. The molecule has 0 bridgehead atoms. The third-order valence-corrected chi connectivity index (χ3v) is 7.12. The van der Waals surface area contributed by atoms with Gasteiger partial charge in [-0.25, -0.2) is 0 Å². The largest absolute Gasteiger partial charge is 0.497 e. The standard InChI is InChI=1S/C32H33N5O3/c1-5-36(6-2)25-16-14-24(15-17-25)34-32(33-22(3)38)30(29-13-9-11-23-10-7-8-12-28(23)29)35-37(31(32)39)26-18-20-27(40-4)21-19-26/h7-21,34H,5-6H2,1-4H3,(H,33,38). The van der Waals surface area contributed by atoms with Crippen LogP contribution in [0.4, 0.5) is 17.1 Å². The van der Waals surface area contributed by atoms with Gasteiger partial charge in [0, 0.05) is 37.0 Å². The molecule has 40 heavy (non-hydrogen) atoms. The molecule has 0 saturated heterocycles. The first-order valence-corrected chi connectivity index (χ1v) is 13.4. The van der Waals surface area contributed by atoms with Gasteiger partial charge >= 0.3 is 5.91 Å². The van der Waals surface area contributed by atoms with Gasteiger partial charge in [-0.2, -0.15) is 10.1 Å². The van der Waals surface area contributed by atoms with Gasteiger partial charge in [-0.05, 0) is 73.2 Å². The van der Waals surface area contributed by atoms with Crippen molar-refractivity contribution in [2.24, 2.45) is 5.10 Å². The summed E-state index contributed by atoms with van der Waals surface area (Å²) >= 11 is 0. The lowest BCUT2D eigenvalue weighted by Gasteiger charge is -2.32. The van der Waals surface area contributed by atoms with E-state index in [1.807, 2.05) is 66.7 Å². The summed E-state index contributed by atoms with van der Waals surface area (Å²) < 4.78 is 5.30. The van der Waals surface area contributed by atoms with Crippen LogP contribution >= 0.6 is 0 Å². The van der Waals surface area contributed by atoms with Gasteiger partial charge in [-0.1, -0.05) is 42.5 Å². The van der Waals surface area contributed by atoms with Crippen LogP contribution < -0.4 is 25.3 Å². The Morgan fingerprint density at radius 2 is 1.60 bits per heavy atom. The van der Waals surface area contributed by atoms with Gasteiger partial charge in [0.05, 0.1) is 12.8 Å². The highest BCUT2D eigenvalue weighted by Crippen LogP contribution is 2.34. The second-order valence-electron chi connectivity index (χ2n) is 9.57. The van der Waals surface area contributed by atoms with Crippen LogP contribution in [0, 0.1) is 0 Å². The van der Waals surface area contributed by atoms with E-state index in [9.17, 15) is 9.59 Å². The Hall–Kier alpha value is -4.85. The Morgan fingerprint density at radius 3 is 2.25 bits per heavy atom. The minimum Gasteiger partial charge on any atom is -0.497 e. The smallest absolute Gasteiger partial charge is 0.300 e. The van der Waals surface area contributed by atoms with Crippen molar-refractivity contribution in [2.45, 2.75) is 26.4 Å². The lowest BCUT2D eigenvalue weighted by Crippen LogP contribution is -2.64. The number of fused-ring (bicyclic) bond motifs is 1. The molecule has 0 radical (unpaired) electrons. The molecular formula is C32H33N5O3. The molecule has 5 rings (SSSR count). The number of ether oxygens (including phenoxy) is 1. The highest BCUT2D eigenvalue weighted by Gasteiger charge is 2.53. The lowest BCUT2D eigenvalue weighted by atomic mass is 9.92. The van der Waals surface area contributed by atoms with E-state index in [1.165, 1.54) is 11.9 Å². The quantitative estimate of drug-likeness (QED) is 0.281. The van der Waals surface area contributed by atoms with E-state index in [4.69, 9.17) is 9.84 Å². The van der Waals surface area contributed by atoms with Crippen LogP contribution in [0.2, 0.25) is 0 Å². The molecular weight excluding hydrogens is 502 g/mol. The molecule has 4 aromatic rings. The molecule has 0 fully saturated rings. The van der Waals surface area contributed by atoms with Gasteiger partial charge in [0.25, 0.3) is 0 Å². The van der Waals surface area contributed by atoms with Crippen molar-refractivity contribution in [1.82, 2.24) is 5.32 Å². The molecule has 1 heterocycles. The van der Waals surface area contributed by atoms with Gasteiger partial charge in [-0.15, -0.1) is 0 Å². The molecule has 4 aromatic carbocycles. The second kappa shape index (κ2) is 11.1. The molecule has 0 saturated carbocycles. The molecule has 0 spiro atoms. The van der Waals surface area contributed by atoms with Crippen LogP contribution in [0.5, 0.6) is 5.75 Å². The van der Waals surface area contributed by atoms with Crippen LogP contribution in [0.1, 0.15) is 26.3 Å². The molecule has 2 amide bonds. The highest BCUT2D eigenvalue weighted by atomic mass is 16.5. The number of nitrogens with zero attached hydrogens (tertiary/aromatic N) is 3. The van der Waals surface area contributed by atoms with E-state index in [0.717, 1.165) is 35.1 Å². The molecule has 1 aliphatic rings. The number of hydrogen-bond acceptors (Lipinski definition) is 6. The summed E-state index contributed by atoms with van der Waals surface area (Å²) in [5.74, 6) is -0.137. The minimum atomic E-state index is -1.66. The predicted octanol–water partition coefficient (Wildman–Crippen LogP) is 5.39. The number of hydrazone groups is 1. The molecule has 0 aliphatic carbocycles. The van der Waals surface area contributed by atoms with Crippen LogP contribution in [0.3, 0.4) is 0 Å². The summed E-state index contributed by atoms with van der Waals surface area (Å²) in [5, 5.41) is 14.4. The van der Waals surface area contributed by atoms with Gasteiger partial charge < -0.3 is 20.3 Å². The fraction of sp³-hybridized carbons (Fsp3) is 0.219. The van der Waals surface area contributed by atoms with Crippen molar-refractivity contribution in [2.75, 3.05) is 35.4 Å². The van der Waals surface area contributed by atoms with Gasteiger partial charge in [0.2, 0.25) is 11.6 Å². The van der Waals surface area contributed by atoms with E-state index in [-0.39, 0.29) is 5.91 Å². The van der Waals surface area contributed by atoms with Crippen LogP contribution in [0.15, 0.2) is 96.1 Å². The Balaban J connectivity index is 1.67. The zero-order valence-electron chi connectivity index (χ0n) is 23.1. The maximum Gasteiger partial charge on any atom is 0.300 e. The summed E-state index contributed by atoms with van der Waals surface area (Å²) in [7, 11) is 1.59. The molecule has 1 unspecified atom stereocenters. The zero-order valence-corrected chi connectivity index (χ0v) is 23.1. The number of benzene rings is 4. The molecule has 0 aromatic heterocycles. The minimum absolute atomic E-state index is 0.370. The number of nitrogens with one attached hydrogen (secondary N) is 2. The topological polar surface area (TPSA) is 86.3 Å². The zero-order chi connectivity index (χ0) is 28.3. The second-order valence-corrected chi connectivity index (χ2v) is 9.57. The van der Waals surface area contributed by atoms with Crippen molar-refractivity contribution < 1.29 is 14.3 Å². The van der Waals surface area contributed by atoms with E-state index >= 15 is 0 Å². The molecule has 8 nitrogen and oxygen atoms in total. The van der Waals surface area contributed by atoms with Crippen molar-refractivity contribution in [1.29, 1.82) is 0 Å². The number of hydrogen-bond donors (Lipinski definition) is 2. The van der Waals surface area contributed by atoms with Crippen molar-refractivity contribution in [3.05, 3.63) is 96.6 Å². The van der Waals surface area contributed by atoms with Crippen LogP contribution in [-0.2, 0) is 9.59 Å². The summed E-state index contributed by atoms with van der Waals surface area (Å²) in [6.45, 7) is 7.38. The summed E-state index contributed by atoms with van der Waals surface area (Å²) in [5.41, 5.74) is 1.77. The molecule has 1 aliphatic heterocycles. The molecule has 2 N–H and O–H groups in total. The average Bonchev–Trinajstić information content (AvgIpc) is 3.24. The van der Waals surface area contributed by atoms with Gasteiger partial charge in [-0.3, -0.25) is 9.59 Å². The Kier molecular flexibility index (Phi) is 7.42. The molecule has 204 valence electrons. The van der Waals surface area contributed by atoms with Crippen molar-refractivity contribution in [3.8, 4) is 5.75 Å². The summed E-state index contributed by atoms with van der Waals surface area (Å²) in [6.07, 6.45) is 0. The Labute approximate surface area is 234 Å². The highest BCUT2D eigenvalue weighted by molar-refractivity contribution is 6.33. The molecule has 1 atom stereocenters. The first-order valence-electron chi connectivity index (χ1n) is 13.4. The van der Waals surface area contributed by atoms with Crippen molar-refractivity contribution in [3.63, 3.8) is 0 Å². The normalized spacial score (nSPS) is 16.6. The first kappa shape index (κ1) is 26.7. The van der Waals surface area contributed by atoms with E-state index in [0.29, 0.717) is 22.8 Å². The number of anilines is 3. The SMILES string of the molecule is CCN(CC)c1ccc(NC2(NC(C)=O)C(=O)N(c3ccc(OC)cc3)N=C2c2cccc3ccccc23)cc1. The third-order valence-electron chi connectivity index (χ3n) is 7.12. The van der Waals surface area contributed by atoms with E-state index < -0.39 is 11.6 Å². The predicted molar refractivity (Wildman–Crippen MR) is 161 cm³/mol. The van der Waals surface area contributed by atoms with Crippen LogP contribution in [0.25, 0.3) is 10.8 Å². The lowest BCUT2D eigenvalue weighted by molar-refractivity contribution is -0.127. The number of carbonyl (C=O) groups excluding carboxylic acids is 2. The fourth-order valence-corrected chi connectivity index (χ4v) is 5.15. The van der Waals surface area contributed by atoms with Gasteiger partial charge in [0.15, 0.2) is 0 Å². The van der Waals surface area contributed by atoms with E-state index in [2.05, 4.69) is 29.4 Å². The Bertz CT molecular complexity index is 1560. The summed E-state index contributed by atoms with van der Waals surface area (Å²) in [4.78, 5) is 29.4. The molecule has 8 heteroatoms. The van der Waals surface area contributed by atoms with Crippen LogP contribution in [-0.4, -0.2) is 43.4 Å². The average molecular weight is 536 g/mol. The third kappa shape index (κ3) is 4.84. The Morgan fingerprint density at radius 1 is 0.925 bits per heavy atom. The number of carbonyl (C=O) groups is 2. The van der Waals surface area contributed by atoms with E-state index in [1.54, 1.807) is 31.4 Å². The monoisotopic (exact) mass is 535 g/mol. The first-order chi connectivity index (χ1) is 19.4.